The van der Waals surface area contributed by atoms with Crippen molar-refractivity contribution in [1.29, 1.82) is 0 Å². The van der Waals surface area contributed by atoms with Crippen molar-refractivity contribution >= 4 is 38.7 Å². The van der Waals surface area contributed by atoms with E-state index in [-0.39, 0.29) is 27.1 Å². The third-order valence-electron chi connectivity index (χ3n) is 5.07. The predicted molar refractivity (Wildman–Crippen MR) is 120 cm³/mol. The highest BCUT2D eigenvalue weighted by molar-refractivity contribution is 7.90. The monoisotopic (exact) mass is 469 g/mol. The van der Waals surface area contributed by atoms with E-state index in [0.29, 0.717) is 11.8 Å². The van der Waals surface area contributed by atoms with Crippen LogP contribution >= 0.6 is 0 Å². The predicted octanol–water partition coefficient (Wildman–Crippen LogP) is 3.50. The lowest BCUT2D eigenvalue weighted by Gasteiger charge is -2.11. The molecule has 3 aromatic heterocycles. The summed E-state index contributed by atoms with van der Waals surface area (Å²) in [7, 11) is -4.15. The highest BCUT2D eigenvalue weighted by atomic mass is 32.2. The number of hydrogen-bond acceptors (Lipinski definition) is 7. The molecule has 0 aliphatic heterocycles. The Balaban J connectivity index is 1.75. The summed E-state index contributed by atoms with van der Waals surface area (Å²) in [5.41, 5.74) is 2.17. The second kappa shape index (κ2) is 8.24. The summed E-state index contributed by atoms with van der Waals surface area (Å²) in [6.45, 7) is 5.16. The molecule has 0 spiro atoms. The Morgan fingerprint density at radius 2 is 1.79 bits per heavy atom. The van der Waals surface area contributed by atoms with Gasteiger partial charge in [0.25, 0.3) is 10.0 Å². The Hall–Kier alpha value is -3.86. The van der Waals surface area contributed by atoms with Crippen LogP contribution in [0.5, 0.6) is 0 Å². The second-order valence-corrected chi connectivity index (χ2v) is 9.33. The lowest BCUT2D eigenvalue weighted by molar-refractivity contribution is -0.136. The molecule has 11 heteroatoms. The van der Waals surface area contributed by atoms with Gasteiger partial charge in [0.15, 0.2) is 0 Å². The summed E-state index contributed by atoms with van der Waals surface area (Å²) in [6, 6.07) is 8.27. The van der Waals surface area contributed by atoms with Crippen LogP contribution in [0.3, 0.4) is 0 Å². The normalized spacial score (nSPS) is 11.6. The third-order valence-corrected chi connectivity index (χ3v) is 6.86. The molecular formula is C22H20FN5O4S. The molecule has 33 heavy (non-hydrogen) atoms. The Morgan fingerprint density at radius 3 is 2.39 bits per heavy atom. The van der Waals surface area contributed by atoms with E-state index in [2.05, 4.69) is 20.3 Å². The highest BCUT2D eigenvalue weighted by Crippen LogP contribution is 2.31. The topological polar surface area (TPSA) is 127 Å². The van der Waals surface area contributed by atoms with Crippen LogP contribution in [0.2, 0.25) is 0 Å². The zero-order valence-electron chi connectivity index (χ0n) is 18.0. The van der Waals surface area contributed by atoms with Crippen molar-refractivity contribution in [3.05, 3.63) is 71.1 Å². The number of rotatable bonds is 6. The van der Waals surface area contributed by atoms with Crippen molar-refractivity contribution in [2.24, 2.45) is 0 Å². The summed E-state index contributed by atoms with van der Waals surface area (Å²) in [5, 5.41) is 12.4. The summed E-state index contributed by atoms with van der Waals surface area (Å²) >= 11 is 0. The number of benzene rings is 1. The van der Waals surface area contributed by atoms with E-state index >= 15 is 0 Å². The first kappa shape index (κ1) is 22.3. The van der Waals surface area contributed by atoms with E-state index < -0.39 is 28.2 Å². The molecule has 0 saturated carbocycles. The van der Waals surface area contributed by atoms with Crippen LogP contribution in [0.1, 0.15) is 22.6 Å². The molecule has 4 aromatic rings. The fourth-order valence-electron chi connectivity index (χ4n) is 3.72. The van der Waals surface area contributed by atoms with Crippen molar-refractivity contribution in [2.45, 2.75) is 32.1 Å². The fraction of sp³-hybridized carbons (Fsp3) is 0.182. The standard InChI is InChI=1S/C22H20FN5O4S/c1-12-8-13(2)26-22(25-12)27-20-7-5-16(11-24-20)33(31,32)28-14(3)17(10-21(29)30)18-9-15(23)4-6-19(18)28/h4-9,11H,10H2,1-3H3,(H,29,30)(H,24,25,26,27). The summed E-state index contributed by atoms with van der Waals surface area (Å²) < 4.78 is 41.8. The Morgan fingerprint density at radius 1 is 1.09 bits per heavy atom. The average Bonchev–Trinajstić information content (AvgIpc) is 2.99. The summed E-state index contributed by atoms with van der Waals surface area (Å²) in [4.78, 5) is 23.9. The van der Waals surface area contributed by atoms with Gasteiger partial charge in [0.2, 0.25) is 5.95 Å². The van der Waals surface area contributed by atoms with Gasteiger partial charge >= 0.3 is 5.97 Å². The van der Waals surface area contributed by atoms with Crippen LogP contribution in [-0.2, 0) is 21.2 Å². The van der Waals surface area contributed by atoms with Gasteiger partial charge < -0.3 is 10.4 Å². The number of nitrogens with zero attached hydrogens (tertiary/aromatic N) is 4. The first-order chi connectivity index (χ1) is 15.6. The Kier molecular flexibility index (Phi) is 5.58. The van der Waals surface area contributed by atoms with Gasteiger partial charge in [-0.2, -0.15) is 0 Å². The molecule has 170 valence electrons. The van der Waals surface area contributed by atoms with Gasteiger partial charge in [-0.05, 0) is 62.7 Å². The zero-order chi connectivity index (χ0) is 23.9. The zero-order valence-corrected chi connectivity index (χ0v) is 18.8. The maximum atomic E-state index is 13.9. The number of carboxylic acid groups (broad SMARTS) is 1. The van der Waals surface area contributed by atoms with E-state index in [1.165, 1.54) is 31.3 Å². The van der Waals surface area contributed by atoms with Crippen LogP contribution < -0.4 is 5.32 Å². The molecule has 0 atom stereocenters. The number of aryl methyl sites for hydroxylation is 2. The number of pyridine rings is 1. The number of fused-ring (bicyclic) bond motifs is 1. The minimum absolute atomic E-state index is 0.111. The van der Waals surface area contributed by atoms with Crippen molar-refractivity contribution in [3.63, 3.8) is 0 Å². The number of carboxylic acids is 1. The molecule has 0 aliphatic rings. The molecule has 1 aromatic carbocycles. The number of hydrogen-bond donors (Lipinski definition) is 2. The molecular weight excluding hydrogens is 449 g/mol. The molecule has 9 nitrogen and oxygen atoms in total. The molecule has 4 rings (SSSR count). The van der Waals surface area contributed by atoms with Gasteiger partial charge in [0.1, 0.15) is 16.5 Å². The lowest BCUT2D eigenvalue weighted by Crippen LogP contribution is -2.15. The van der Waals surface area contributed by atoms with Gasteiger partial charge in [0, 0.05) is 28.7 Å². The SMILES string of the molecule is Cc1cc(C)nc(Nc2ccc(S(=O)(=O)n3c(C)c(CC(=O)O)c4cc(F)ccc43)cn2)n1. The Labute approximate surface area is 189 Å². The third kappa shape index (κ3) is 4.27. The number of halogens is 1. The minimum atomic E-state index is -4.15. The minimum Gasteiger partial charge on any atom is -0.481 e. The van der Waals surface area contributed by atoms with E-state index in [4.69, 9.17) is 0 Å². The summed E-state index contributed by atoms with van der Waals surface area (Å²) in [5.74, 6) is -1.05. The van der Waals surface area contributed by atoms with Crippen molar-refractivity contribution in [1.82, 2.24) is 18.9 Å². The highest BCUT2D eigenvalue weighted by Gasteiger charge is 2.26. The molecule has 0 fully saturated rings. The van der Waals surface area contributed by atoms with Crippen LogP contribution in [0.15, 0.2) is 47.5 Å². The van der Waals surface area contributed by atoms with Gasteiger partial charge in [-0.3, -0.25) is 4.79 Å². The molecule has 0 bridgehead atoms. The van der Waals surface area contributed by atoms with E-state index in [1.54, 1.807) is 0 Å². The Bertz CT molecular complexity index is 1480. The molecule has 0 saturated heterocycles. The maximum absolute atomic E-state index is 13.9. The first-order valence-corrected chi connectivity index (χ1v) is 11.3. The molecule has 0 unspecified atom stereocenters. The number of nitrogens with one attached hydrogen (secondary N) is 1. The van der Waals surface area contributed by atoms with Crippen molar-refractivity contribution in [2.75, 3.05) is 5.32 Å². The average molecular weight is 469 g/mol. The fourth-order valence-corrected chi connectivity index (χ4v) is 5.24. The summed E-state index contributed by atoms with van der Waals surface area (Å²) in [6.07, 6.45) is 0.747. The molecule has 0 aliphatic carbocycles. The van der Waals surface area contributed by atoms with Gasteiger partial charge in [0.05, 0.1) is 11.9 Å². The van der Waals surface area contributed by atoms with Gasteiger partial charge in [-0.25, -0.2) is 31.7 Å². The van der Waals surface area contributed by atoms with E-state index in [0.717, 1.165) is 27.5 Å². The quantitative estimate of drug-likeness (QED) is 0.439. The number of aliphatic carboxylic acids is 1. The van der Waals surface area contributed by atoms with Gasteiger partial charge in [-0.1, -0.05) is 0 Å². The smallest absolute Gasteiger partial charge is 0.307 e. The van der Waals surface area contributed by atoms with Crippen LogP contribution in [0.25, 0.3) is 10.9 Å². The first-order valence-electron chi connectivity index (χ1n) is 9.88. The molecule has 0 radical (unpaired) electrons. The molecule has 2 N–H and O–H groups in total. The van der Waals surface area contributed by atoms with Gasteiger partial charge in [-0.15, -0.1) is 0 Å². The van der Waals surface area contributed by atoms with Crippen molar-refractivity contribution < 1.29 is 22.7 Å². The number of anilines is 2. The van der Waals surface area contributed by atoms with Crippen LogP contribution in [0.4, 0.5) is 16.2 Å². The van der Waals surface area contributed by atoms with E-state index in [9.17, 15) is 22.7 Å². The second-order valence-electron chi connectivity index (χ2n) is 7.54. The maximum Gasteiger partial charge on any atom is 0.307 e. The number of carbonyl (C=O) groups is 1. The van der Waals surface area contributed by atoms with E-state index in [1.807, 2.05) is 19.9 Å². The lowest BCUT2D eigenvalue weighted by atomic mass is 10.1. The van der Waals surface area contributed by atoms with Crippen molar-refractivity contribution in [3.8, 4) is 0 Å². The largest absolute Gasteiger partial charge is 0.481 e. The molecule has 3 heterocycles. The van der Waals surface area contributed by atoms with Crippen LogP contribution in [0, 0.1) is 26.6 Å². The number of aromatic nitrogens is 4. The molecule has 0 amide bonds. The van der Waals surface area contributed by atoms with Crippen LogP contribution in [-0.4, -0.2) is 38.4 Å².